The minimum absolute atomic E-state index is 0.637. The number of hydrogen-bond donors (Lipinski definition) is 1. The van der Waals surface area contributed by atoms with Gasteiger partial charge in [-0.25, -0.2) is 0 Å². The van der Waals surface area contributed by atoms with E-state index in [1.54, 1.807) is 6.21 Å². The fourth-order valence-corrected chi connectivity index (χ4v) is 3.55. The van der Waals surface area contributed by atoms with Crippen LogP contribution in [0.15, 0.2) is 59.2 Å². The zero-order chi connectivity index (χ0) is 22.0. The predicted molar refractivity (Wildman–Crippen MR) is 133 cm³/mol. The van der Waals surface area contributed by atoms with Crippen molar-refractivity contribution in [1.29, 1.82) is 5.41 Å². The van der Waals surface area contributed by atoms with Crippen molar-refractivity contribution in [1.82, 2.24) is 0 Å². The lowest BCUT2D eigenvalue weighted by atomic mass is 9.88. The average Bonchev–Trinajstić information content (AvgIpc) is 2.70. The Morgan fingerprint density at radius 1 is 1.17 bits per heavy atom. The van der Waals surface area contributed by atoms with E-state index < -0.39 is 0 Å². The minimum Gasteiger partial charge on any atom is -0.305 e. The van der Waals surface area contributed by atoms with Gasteiger partial charge >= 0.3 is 0 Å². The van der Waals surface area contributed by atoms with Crippen molar-refractivity contribution >= 4 is 29.3 Å². The van der Waals surface area contributed by atoms with Gasteiger partial charge in [-0.05, 0) is 75.8 Å². The molecular formula is C27H36N2. The summed E-state index contributed by atoms with van der Waals surface area (Å²) in [6, 6.07) is 2.18. The van der Waals surface area contributed by atoms with Gasteiger partial charge in [0.25, 0.3) is 0 Å². The monoisotopic (exact) mass is 388 g/mol. The number of rotatable bonds is 9. The van der Waals surface area contributed by atoms with Crippen molar-refractivity contribution in [3.63, 3.8) is 0 Å². The number of nitrogens with one attached hydrogen (secondary N) is 1. The van der Waals surface area contributed by atoms with Gasteiger partial charge in [-0.2, -0.15) is 0 Å². The van der Waals surface area contributed by atoms with Crippen LogP contribution in [-0.2, 0) is 0 Å². The highest BCUT2D eigenvalue weighted by molar-refractivity contribution is 6.07. The van der Waals surface area contributed by atoms with Crippen LogP contribution >= 0.6 is 0 Å². The van der Waals surface area contributed by atoms with Crippen LogP contribution < -0.4 is 0 Å². The number of hydrogen-bond acceptors (Lipinski definition) is 2. The SMILES string of the molecule is C=Cc1c(C(=CC)/C=C(/C)C(C=CC)=CC)cc(C)c(C(=N)CCC)c1N=CC. The van der Waals surface area contributed by atoms with Gasteiger partial charge in [0.15, 0.2) is 0 Å². The Labute approximate surface area is 177 Å². The molecule has 0 heterocycles. The zero-order valence-electron chi connectivity index (χ0n) is 19.2. The topological polar surface area (TPSA) is 36.2 Å². The van der Waals surface area contributed by atoms with Crippen LogP contribution in [0.25, 0.3) is 11.6 Å². The van der Waals surface area contributed by atoms with Crippen LogP contribution in [0.3, 0.4) is 0 Å². The zero-order valence-corrected chi connectivity index (χ0v) is 19.2. The van der Waals surface area contributed by atoms with Crippen LogP contribution in [0.1, 0.15) is 76.6 Å². The molecule has 0 saturated heterocycles. The molecule has 0 amide bonds. The summed E-state index contributed by atoms with van der Waals surface area (Å²) in [7, 11) is 0. The first-order valence-corrected chi connectivity index (χ1v) is 10.4. The second-order valence-electron chi connectivity index (χ2n) is 7.01. The van der Waals surface area contributed by atoms with E-state index in [1.165, 1.54) is 11.1 Å². The third kappa shape index (κ3) is 5.87. The summed E-state index contributed by atoms with van der Waals surface area (Å²) < 4.78 is 0. The van der Waals surface area contributed by atoms with E-state index in [0.29, 0.717) is 5.71 Å². The molecule has 0 spiro atoms. The summed E-state index contributed by atoms with van der Waals surface area (Å²) in [6.45, 7) is 18.4. The first-order chi connectivity index (χ1) is 13.9. The molecule has 0 unspecified atom stereocenters. The summed E-state index contributed by atoms with van der Waals surface area (Å²) in [4.78, 5) is 4.67. The molecule has 0 atom stereocenters. The van der Waals surface area contributed by atoms with Crippen molar-refractivity contribution in [2.45, 2.75) is 61.3 Å². The average molecular weight is 389 g/mol. The summed E-state index contributed by atoms with van der Waals surface area (Å²) in [5.74, 6) is 0. The van der Waals surface area contributed by atoms with E-state index in [9.17, 15) is 0 Å². The normalized spacial score (nSPS) is 13.6. The first kappa shape index (κ1) is 24.3. The molecule has 29 heavy (non-hydrogen) atoms. The third-order valence-corrected chi connectivity index (χ3v) is 4.91. The molecule has 1 N–H and O–H groups in total. The first-order valence-electron chi connectivity index (χ1n) is 10.4. The highest BCUT2D eigenvalue weighted by atomic mass is 14.7. The van der Waals surface area contributed by atoms with E-state index in [-0.39, 0.29) is 0 Å². The highest BCUT2D eigenvalue weighted by Gasteiger charge is 2.18. The maximum atomic E-state index is 8.57. The lowest BCUT2D eigenvalue weighted by molar-refractivity contribution is 0.985. The molecule has 1 aromatic carbocycles. The smallest absolute Gasteiger partial charge is 0.0796 e. The molecule has 0 saturated carbocycles. The van der Waals surface area contributed by atoms with Crippen molar-refractivity contribution in [3.8, 4) is 0 Å². The Morgan fingerprint density at radius 3 is 2.34 bits per heavy atom. The number of aryl methyl sites for hydroxylation is 1. The van der Waals surface area contributed by atoms with Gasteiger partial charge in [0.2, 0.25) is 0 Å². The van der Waals surface area contributed by atoms with E-state index in [2.05, 4.69) is 82.6 Å². The fraction of sp³-hybridized carbons (Fsp3) is 0.333. The fourth-order valence-electron chi connectivity index (χ4n) is 3.55. The molecular weight excluding hydrogens is 352 g/mol. The van der Waals surface area contributed by atoms with Gasteiger partial charge in [0, 0.05) is 23.1 Å². The Morgan fingerprint density at radius 2 is 1.86 bits per heavy atom. The Kier molecular flexibility index (Phi) is 10.0. The molecule has 0 fully saturated rings. The van der Waals surface area contributed by atoms with Gasteiger partial charge in [0.05, 0.1) is 5.69 Å². The second kappa shape index (κ2) is 12.0. The maximum absolute atomic E-state index is 8.57. The van der Waals surface area contributed by atoms with E-state index >= 15 is 0 Å². The Bertz CT molecular complexity index is 903. The minimum atomic E-state index is 0.637. The maximum Gasteiger partial charge on any atom is 0.0796 e. The molecule has 1 aromatic rings. The number of benzene rings is 1. The van der Waals surface area contributed by atoms with Crippen LogP contribution in [0.4, 0.5) is 5.69 Å². The standard InChI is InChI=1S/C27H36N2/c1-9-15-21(11-3)19(7)17-22(12-4)24-18-20(8)26(25(28)16-10-2)27(29-14-6)23(24)13-5/h9,11-15,17-18,28H,5,10,16H2,1-4,6-8H3/b15-9?,19-17-,21-11?,22-12?,28-25?,29-14?. The Hall–Kier alpha value is -2.74. The molecule has 0 aliphatic carbocycles. The second-order valence-corrected chi connectivity index (χ2v) is 7.01. The number of aliphatic imine (C=N–C) groups is 1. The molecule has 0 bridgehead atoms. The van der Waals surface area contributed by atoms with Gasteiger partial charge < -0.3 is 5.41 Å². The Balaban J connectivity index is 3.79. The summed E-state index contributed by atoms with van der Waals surface area (Å²) >= 11 is 0. The van der Waals surface area contributed by atoms with Crippen molar-refractivity contribution in [3.05, 3.63) is 76.4 Å². The molecule has 0 aliphatic heterocycles. The third-order valence-electron chi connectivity index (χ3n) is 4.91. The van der Waals surface area contributed by atoms with Crippen LogP contribution in [0.5, 0.6) is 0 Å². The number of allylic oxidation sites excluding steroid dienone is 8. The van der Waals surface area contributed by atoms with Gasteiger partial charge in [0.1, 0.15) is 0 Å². The van der Waals surface area contributed by atoms with E-state index in [0.717, 1.165) is 46.4 Å². The van der Waals surface area contributed by atoms with E-state index in [1.807, 2.05) is 19.9 Å². The van der Waals surface area contributed by atoms with Gasteiger partial charge in [-0.3, -0.25) is 4.99 Å². The molecule has 2 nitrogen and oxygen atoms in total. The highest BCUT2D eigenvalue weighted by Crippen LogP contribution is 2.37. The van der Waals surface area contributed by atoms with E-state index in [4.69, 9.17) is 5.41 Å². The lowest BCUT2D eigenvalue weighted by Crippen LogP contribution is -2.05. The lowest BCUT2D eigenvalue weighted by Gasteiger charge is -2.19. The molecule has 0 aromatic heterocycles. The molecule has 2 heteroatoms. The van der Waals surface area contributed by atoms with Crippen molar-refractivity contribution < 1.29 is 0 Å². The number of nitrogens with zero attached hydrogens (tertiary/aromatic N) is 1. The summed E-state index contributed by atoms with van der Waals surface area (Å²) in [6.07, 6.45) is 16.0. The van der Waals surface area contributed by atoms with Crippen molar-refractivity contribution in [2.24, 2.45) is 4.99 Å². The summed E-state index contributed by atoms with van der Waals surface area (Å²) in [5, 5.41) is 8.57. The predicted octanol–water partition coefficient (Wildman–Crippen LogP) is 8.40. The van der Waals surface area contributed by atoms with Crippen LogP contribution in [0.2, 0.25) is 0 Å². The van der Waals surface area contributed by atoms with Crippen molar-refractivity contribution in [2.75, 3.05) is 0 Å². The largest absolute Gasteiger partial charge is 0.305 e. The molecule has 154 valence electrons. The summed E-state index contributed by atoms with van der Waals surface area (Å²) in [5.41, 5.74) is 9.12. The van der Waals surface area contributed by atoms with Gasteiger partial charge in [-0.1, -0.05) is 62.4 Å². The van der Waals surface area contributed by atoms with Crippen LogP contribution in [-0.4, -0.2) is 11.9 Å². The molecule has 0 radical (unpaired) electrons. The quantitative estimate of drug-likeness (QED) is 0.326. The molecule has 0 aliphatic rings. The van der Waals surface area contributed by atoms with Crippen LogP contribution in [0, 0.1) is 12.3 Å². The van der Waals surface area contributed by atoms with Gasteiger partial charge in [-0.15, -0.1) is 0 Å². The molecule has 1 rings (SSSR count).